The molecule has 0 bridgehead atoms. The number of amides is 1. The lowest BCUT2D eigenvalue weighted by Gasteiger charge is -2.29. The highest BCUT2D eigenvalue weighted by Crippen LogP contribution is 2.31. The molecule has 18 heavy (non-hydrogen) atoms. The first-order valence-corrected chi connectivity index (χ1v) is 5.94. The van der Waals surface area contributed by atoms with E-state index >= 15 is 0 Å². The second-order valence-electron chi connectivity index (χ2n) is 3.98. The van der Waals surface area contributed by atoms with E-state index in [1.165, 1.54) is 11.0 Å². The average molecular weight is 266 g/mol. The van der Waals surface area contributed by atoms with E-state index < -0.39 is 0 Å². The van der Waals surface area contributed by atoms with Gasteiger partial charge in [0.15, 0.2) is 5.78 Å². The van der Waals surface area contributed by atoms with Crippen molar-refractivity contribution in [1.29, 1.82) is 0 Å². The predicted molar refractivity (Wildman–Crippen MR) is 69.1 cm³/mol. The first kappa shape index (κ1) is 12.6. The van der Waals surface area contributed by atoms with Crippen LogP contribution in [0.25, 0.3) is 0 Å². The maximum atomic E-state index is 12.0. The fourth-order valence-electron chi connectivity index (χ4n) is 1.94. The molecule has 2 rings (SSSR count). The summed E-state index contributed by atoms with van der Waals surface area (Å²) in [5, 5.41) is 9.50. The van der Waals surface area contributed by atoms with Gasteiger partial charge in [0.25, 0.3) is 0 Å². The number of hydrogen-bond donors (Lipinski definition) is 1. The Bertz CT molecular complexity index is 551. The number of carbonyl (C=O) groups is 2. The van der Waals surface area contributed by atoms with Crippen molar-refractivity contribution in [3.05, 3.63) is 40.6 Å². The average Bonchev–Trinajstić information content (AvgIpc) is 2.39. The molecule has 1 aliphatic heterocycles. The SMILES string of the molecule is CCC(=O)N1C/C(=C/O)C(=O)c2cc(Cl)ccc21. The van der Waals surface area contributed by atoms with E-state index in [0.29, 0.717) is 22.7 Å². The van der Waals surface area contributed by atoms with Crippen LogP contribution in [0.3, 0.4) is 0 Å². The van der Waals surface area contributed by atoms with Gasteiger partial charge in [0.1, 0.15) is 0 Å². The number of halogens is 1. The second-order valence-corrected chi connectivity index (χ2v) is 4.41. The summed E-state index contributed by atoms with van der Waals surface area (Å²) in [6.07, 6.45) is 1.08. The monoisotopic (exact) mass is 265 g/mol. The normalized spacial score (nSPS) is 16.9. The number of aliphatic hydroxyl groups excluding tert-OH is 1. The number of aliphatic hydroxyl groups is 1. The molecule has 1 amide bonds. The molecule has 1 aromatic rings. The molecule has 1 aromatic carbocycles. The molecule has 0 radical (unpaired) electrons. The molecule has 0 unspecified atom stereocenters. The summed E-state index contributed by atoms with van der Waals surface area (Å²) in [6.45, 7) is 1.84. The van der Waals surface area contributed by atoms with E-state index in [1.54, 1.807) is 19.1 Å². The summed E-state index contributed by atoms with van der Waals surface area (Å²) in [7, 11) is 0. The Morgan fingerprint density at radius 3 is 2.89 bits per heavy atom. The standard InChI is InChI=1S/C13H12ClNO3/c1-2-12(17)15-6-8(7-16)13(18)10-5-9(14)3-4-11(10)15/h3-5,7,16H,2,6H2,1H3/b8-7-. The zero-order chi connectivity index (χ0) is 13.3. The maximum Gasteiger partial charge on any atom is 0.227 e. The zero-order valence-corrected chi connectivity index (χ0v) is 10.6. The molecule has 0 saturated heterocycles. The zero-order valence-electron chi connectivity index (χ0n) is 9.81. The lowest BCUT2D eigenvalue weighted by molar-refractivity contribution is -0.118. The fraction of sp³-hybridized carbons (Fsp3) is 0.231. The van der Waals surface area contributed by atoms with Crippen LogP contribution >= 0.6 is 11.6 Å². The minimum Gasteiger partial charge on any atom is -0.515 e. The minimum absolute atomic E-state index is 0.0939. The van der Waals surface area contributed by atoms with Crippen LogP contribution < -0.4 is 4.90 Å². The summed E-state index contributed by atoms with van der Waals surface area (Å²) < 4.78 is 0. The van der Waals surface area contributed by atoms with Crippen molar-refractivity contribution >= 4 is 29.0 Å². The molecular weight excluding hydrogens is 254 g/mol. The first-order valence-electron chi connectivity index (χ1n) is 5.56. The number of Topliss-reactive ketones (excluding diaryl/α,β-unsaturated/α-hetero) is 1. The number of benzene rings is 1. The summed E-state index contributed by atoms with van der Waals surface area (Å²) in [4.78, 5) is 25.4. The molecule has 0 saturated carbocycles. The molecule has 1 aliphatic rings. The number of carbonyl (C=O) groups excluding carboxylic acids is 2. The molecule has 5 heteroatoms. The van der Waals surface area contributed by atoms with Gasteiger partial charge in [-0.1, -0.05) is 18.5 Å². The molecule has 94 valence electrons. The van der Waals surface area contributed by atoms with Gasteiger partial charge in [-0.05, 0) is 18.2 Å². The molecule has 1 heterocycles. The molecular formula is C13H12ClNO3. The van der Waals surface area contributed by atoms with E-state index in [-0.39, 0.29) is 23.8 Å². The fourth-order valence-corrected chi connectivity index (χ4v) is 2.11. The molecule has 0 aromatic heterocycles. The molecule has 0 aliphatic carbocycles. The van der Waals surface area contributed by atoms with Crippen LogP contribution in [0.15, 0.2) is 30.0 Å². The Morgan fingerprint density at radius 2 is 2.28 bits per heavy atom. The van der Waals surface area contributed by atoms with Crippen molar-refractivity contribution in [2.45, 2.75) is 13.3 Å². The van der Waals surface area contributed by atoms with Gasteiger partial charge < -0.3 is 10.0 Å². The van der Waals surface area contributed by atoms with Gasteiger partial charge in [-0.3, -0.25) is 9.59 Å². The van der Waals surface area contributed by atoms with E-state index in [1.807, 2.05) is 0 Å². The molecule has 4 nitrogen and oxygen atoms in total. The smallest absolute Gasteiger partial charge is 0.227 e. The lowest BCUT2D eigenvalue weighted by atomic mass is 9.96. The van der Waals surface area contributed by atoms with Crippen LogP contribution in [0.5, 0.6) is 0 Å². The van der Waals surface area contributed by atoms with Crippen LogP contribution in [0, 0.1) is 0 Å². The summed E-state index contributed by atoms with van der Waals surface area (Å²) in [5.41, 5.74) is 1.07. The van der Waals surface area contributed by atoms with Crippen LogP contribution in [-0.2, 0) is 4.79 Å². The molecule has 0 atom stereocenters. The van der Waals surface area contributed by atoms with E-state index in [4.69, 9.17) is 16.7 Å². The van der Waals surface area contributed by atoms with Gasteiger partial charge in [-0.15, -0.1) is 0 Å². The quantitative estimate of drug-likeness (QED) is 0.627. The van der Waals surface area contributed by atoms with Crippen molar-refractivity contribution in [3.8, 4) is 0 Å². The topological polar surface area (TPSA) is 57.6 Å². The lowest BCUT2D eigenvalue weighted by Crippen LogP contribution is -2.38. The Balaban J connectivity index is 2.59. The Labute approximate surface area is 109 Å². The van der Waals surface area contributed by atoms with Crippen molar-refractivity contribution < 1.29 is 14.7 Å². The van der Waals surface area contributed by atoms with Crippen LogP contribution in [0.2, 0.25) is 5.02 Å². The van der Waals surface area contributed by atoms with E-state index in [2.05, 4.69) is 0 Å². The summed E-state index contributed by atoms with van der Waals surface area (Å²) in [6, 6.07) is 4.80. The van der Waals surface area contributed by atoms with Gasteiger partial charge >= 0.3 is 0 Å². The highest BCUT2D eigenvalue weighted by atomic mass is 35.5. The minimum atomic E-state index is -0.296. The number of fused-ring (bicyclic) bond motifs is 1. The number of anilines is 1. The van der Waals surface area contributed by atoms with Gasteiger partial charge in [0.05, 0.1) is 24.1 Å². The number of rotatable bonds is 1. The van der Waals surface area contributed by atoms with Crippen LogP contribution in [0.1, 0.15) is 23.7 Å². The third kappa shape index (κ3) is 1.99. The Hall–Kier alpha value is -1.81. The van der Waals surface area contributed by atoms with Gasteiger partial charge in [-0.25, -0.2) is 0 Å². The largest absolute Gasteiger partial charge is 0.515 e. The number of hydrogen-bond acceptors (Lipinski definition) is 3. The molecule has 0 fully saturated rings. The summed E-state index contributed by atoms with van der Waals surface area (Å²) in [5.74, 6) is -0.402. The molecule has 1 N–H and O–H groups in total. The van der Waals surface area contributed by atoms with E-state index in [9.17, 15) is 9.59 Å². The first-order chi connectivity index (χ1) is 8.58. The van der Waals surface area contributed by atoms with Crippen molar-refractivity contribution in [1.82, 2.24) is 0 Å². The van der Waals surface area contributed by atoms with Crippen molar-refractivity contribution in [2.24, 2.45) is 0 Å². The Kier molecular flexibility index (Phi) is 3.39. The van der Waals surface area contributed by atoms with Crippen LogP contribution in [0.4, 0.5) is 5.69 Å². The van der Waals surface area contributed by atoms with Crippen LogP contribution in [-0.4, -0.2) is 23.3 Å². The van der Waals surface area contributed by atoms with Crippen molar-refractivity contribution in [2.75, 3.05) is 11.4 Å². The highest BCUT2D eigenvalue weighted by molar-refractivity contribution is 6.31. The summed E-state index contributed by atoms with van der Waals surface area (Å²) >= 11 is 5.86. The van der Waals surface area contributed by atoms with Gasteiger partial charge in [0.2, 0.25) is 5.91 Å². The maximum absolute atomic E-state index is 12.0. The van der Waals surface area contributed by atoms with Crippen molar-refractivity contribution in [3.63, 3.8) is 0 Å². The molecule has 0 spiro atoms. The van der Waals surface area contributed by atoms with Gasteiger partial charge in [0, 0.05) is 17.0 Å². The Morgan fingerprint density at radius 1 is 1.56 bits per heavy atom. The number of ketones is 1. The number of nitrogens with zero attached hydrogens (tertiary/aromatic N) is 1. The second kappa shape index (κ2) is 4.82. The third-order valence-electron chi connectivity index (χ3n) is 2.87. The van der Waals surface area contributed by atoms with Gasteiger partial charge in [-0.2, -0.15) is 0 Å². The van der Waals surface area contributed by atoms with E-state index in [0.717, 1.165) is 6.26 Å². The third-order valence-corrected chi connectivity index (χ3v) is 3.11. The predicted octanol–water partition coefficient (Wildman–Crippen LogP) is 2.72. The highest BCUT2D eigenvalue weighted by Gasteiger charge is 2.30.